The lowest BCUT2D eigenvalue weighted by atomic mass is 10.0. The van der Waals surface area contributed by atoms with Gasteiger partial charge < -0.3 is 28.4 Å². The minimum absolute atomic E-state index is 0.203. The van der Waals surface area contributed by atoms with Crippen molar-refractivity contribution in [2.75, 3.05) is 26.4 Å². The van der Waals surface area contributed by atoms with Crippen molar-refractivity contribution in [1.82, 2.24) is 0 Å². The fourth-order valence-corrected chi connectivity index (χ4v) is 3.79. The summed E-state index contributed by atoms with van der Waals surface area (Å²) < 4.78 is 34.0. The molecule has 0 saturated carbocycles. The molecule has 34 heavy (non-hydrogen) atoms. The second kappa shape index (κ2) is 9.84. The summed E-state index contributed by atoms with van der Waals surface area (Å²) in [6, 6.07) is 13.1. The molecular formula is C26H30O8. The fraction of sp³-hybridized carbons (Fsp3) is 0.462. The Morgan fingerprint density at radius 2 is 1.18 bits per heavy atom. The van der Waals surface area contributed by atoms with Crippen LogP contribution in [0.25, 0.3) is 0 Å². The van der Waals surface area contributed by atoms with Gasteiger partial charge in [-0.2, -0.15) is 0 Å². The number of ketones is 2. The fourth-order valence-electron chi connectivity index (χ4n) is 3.79. The molecule has 0 N–H and O–H groups in total. The summed E-state index contributed by atoms with van der Waals surface area (Å²) in [7, 11) is 0. The molecule has 0 amide bonds. The first-order chi connectivity index (χ1) is 16.1. The lowest BCUT2D eigenvalue weighted by Crippen LogP contribution is -2.25. The molecule has 2 aromatic rings. The predicted octanol–water partition coefficient (Wildman–Crippen LogP) is 3.81. The zero-order valence-corrected chi connectivity index (χ0v) is 19.9. The first-order valence-corrected chi connectivity index (χ1v) is 11.3. The Morgan fingerprint density at radius 3 is 1.53 bits per heavy atom. The Hall–Kier alpha value is -2.78. The molecule has 0 spiro atoms. The van der Waals surface area contributed by atoms with Crippen molar-refractivity contribution < 1.29 is 38.0 Å². The van der Waals surface area contributed by atoms with Crippen LogP contribution in [0.1, 0.15) is 48.4 Å². The topological polar surface area (TPSA) is 89.5 Å². The second-order valence-corrected chi connectivity index (χ2v) is 9.24. The standard InChI is InChI=1S/C26H30O8/c1-25(2)31-15-21(33-25)13-29-19-9-5-7-17(11-19)23(27)24(28)18-8-6-10-20(12-18)30-14-22-16-32-26(3,4)34-22/h5-12,21-22H,13-16H2,1-4H3. The van der Waals surface area contributed by atoms with Gasteiger partial charge in [-0.15, -0.1) is 0 Å². The van der Waals surface area contributed by atoms with Gasteiger partial charge in [0, 0.05) is 11.1 Å². The highest BCUT2D eigenvalue weighted by atomic mass is 16.8. The molecule has 0 aliphatic carbocycles. The monoisotopic (exact) mass is 470 g/mol. The van der Waals surface area contributed by atoms with Gasteiger partial charge >= 0.3 is 0 Å². The molecule has 2 unspecified atom stereocenters. The highest BCUT2D eigenvalue weighted by molar-refractivity contribution is 6.49. The van der Waals surface area contributed by atoms with Crippen LogP contribution >= 0.6 is 0 Å². The summed E-state index contributed by atoms with van der Waals surface area (Å²) in [5.41, 5.74) is 0.493. The van der Waals surface area contributed by atoms with Crippen molar-refractivity contribution in [3.05, 3.63) is 59.7 Å². The molecule has 182 valence electrons. The molecule has 2 fully saturated rings. The van der Waals surface area contributed by atoms with Crippen LogP contribution in [0, 0.1) is 0 Å². The van der Waals surface area contributed by atoms with Gasteiger partial charge in [-0.1, -0.05) is 24.3 Å². The molecule has 8 nitrogen and oxygen atoms in total. The summed E-state index contributed by atoms with van der Waals surface area (Å²) in [6.07, 6.45) is -0.406. The molecule has 0 radical (unpaired) electrons. The van der Waals surface area contributed by atoms with Gasteiger partial charge in [0.2, 0.25) is 11.6 Å². The highest BCUT2D eigenvalue weighted by Gasteiger charge is 2.34. The Bertz CT molecular complexity index is 961. The Labute approximate surface area is 199 Å². The van der Waals surface area contributed by atoms with Crippen LogP contribution in [0.2, 0.25) is 0 Å². The SMILES string of the molecule is CC1(C)OCC(COc2cccc(C(=O)C(=O)c3cccc(OCC4COC(C)(C)O4)c3)c2)O1. The summed E-state index contributed by atoms with van der Waals surface area (Å²) >= 11 is 0. The molecular weight excluding hydrogens is 440 g/mol. The van der Waals surface area contributed by atoms with E-state index >= 15 is 0 Å². The summed E-state index contributed by atoms with van der Waals surface area (Å²) in [6.45, 7) is 8.79. The minimum atomic E-state index is -0.634. The normalized spacial score (nSPS) is 22.9. The van der Waals surface area contributed by atoms with Crippen molar-refractivity contribution in [2.45, 2.75) is 51.5 Å². The number of carbonyl (C=O) groups is 2. The third-order valence-corrected chi connectivity index (χ3v) is 5.41. The Kier molecular flexibility index (Phi) is 7.04. The van der Waals surface area contributed by atoms with Crippen molar-refractivity contribution >= 4 is 11.6 Å². The lowest BCUT2D eigenvalue weighted by Gasteiger charge is -2.17. The van der Waals surface area contributed by atoms with Gasteiger partial charge in [-0.3, -0.25) is 9.59 Å². The number of hydrogen-bond donors (Lipinski definition) is 0. The molecule has 2 heterocycles. The van der Waals surface area contributed by atoms with E-state index in [1.807, 2.05) is 27.7 Å². The maximum atomic E-state index is 12.9. The quantitative estimate of drug-likeness (QED) is 0.404. The molecule has 2 aliphatic heterocycles. The summed E-state index contributed by atoms with van der Waals surface area (Å²) in [4.78, 5) is 25.7. The predicted molar refractivity (Wildman–Crippen MR) is 122 cm³/mol. The van der Waals surface area contributed by atoms with Crippen LogP contribution in [0.4, 0.5) is 0 Å². The number of benzene rings is 2. The number of Topliss-reactive ketones (excluding diaryl/α,β-unsaturated/α-hetero) is 2. The molecule has 0 bridgehead atoms. The maximum absolute atomic E-state index is 12.9. The average molecular weight is 471 g/mol. The van der Waals surface area contributed by atoms with Gasteiger partial charge in [0.05, 0.1) is 13.2 Å². The van der Waals surface area contributed by atoms with Gasteiger partial charge in [-0.05, 0) is 52.0 Å². The van der Waals surface area contributed by atoms with Gasteiger partial charge in [0.25, 0.3) is 0 Å². The van der Waals surface area contributed by atoms with E-state index in [1.54, 1.807) is 48.5 Å². The van der Waals surface area contributed by atoms with Crippen LogP contribution in [-0.4, -0.2) is 61.8 Å². The lowest BCUT2D eigenvalue weighted by molar-refractivity contribution is -0.141. The number of carbonyl (C=O) groups excluding carboxylic acids is 2. The number of rotatable bonds is 9. The van der Waals surface area contributed by atoms with Gasteiger partial charge in [-0.25, -0.2) is 0 Å². The van der Waals surface area contributed by atoms with E-state index in [0.29, 0.717) is 24.7 Å². The zero-order chi connectivity index (χ0) is 24.3. The van der Waals surface area contributed by atoms with E-state index in [-0.39, 0.29) is 36.5 Å². The van der Waals surface area contributed by atoms with E-state index in [9.17, 15) is 9.59 Å². The molecule has 2 saturated heterocycles. The average Bonchev–Trinajstić information content (AvgIpc) is 3.35. The van der Waals surface area contributed by atoms with Crippen molar-refractivity contribution in [2.24, 2.45) is 0 Å². The number of ether oxygens (including phenoxy) is 6. The first-order valence-electron chi connectivity index (χ1n) is 11.3. The zero-order valence-electron chi connectivity index (χ0n) is 19.9. The first kappa shape index (κ1) is 24.3. The molecule has 4 rings (SSSR count). The van der Waals surface area contributed by atoms with Gasteiger partial charge in [0.15, 0.2) is 11.6 Å². The Balaban J connectivity index is 1.35. The highest BCUT2D eigenvalue weighted by Crippen LogP contribution is 2.25. The molecule has 2 atom stereocenters. The molecule has 2 aliphatic rings. The van der Waals surface area contributed by atoms with Crippen LogP contribution in [0.5, 0.6) is 11.5 Å². The smallest absolute Gasteiger partial charge is 0.233 e. The number of hydrogen-bond acceptors (Lipinski definition) is 8. The van der Waals surface area contributed by atoms with Crippen LogP contribution in [0.15, 0.2) is 48.5 Å². The molecule has 2 aromatic carbocycles. The van der Waals surface area contributed by atoms with E-state index in [1.165, 1.54) is 0 Å². The molecule has 0 aromatic heterocycles. The van der Waals surface area contributed by atoms with E-state index < -0.39 is 23.1 Å². The van der Waals surface area contributed by atoms with Crippen LogP contribution in [-0.2, 0) is 18.9 Å². The molecule has 8 heteroatoms. The third-order valence-electron chi connectivity index (χ3n) is 5.41. The second-order valence-electron chi connectivity index (χ2n) is 9.24. The Morgan fingerprint density at radius 1 is 0.765 bits per heavy atom. The van der Waals surface area contributed by atoms with Crippen LogP contribution in [0.3, 0.4) is 0 Å². The van der Waals surface area contributed by atoms with Crippen molar-refractivity contribution in [1.29, 1.82) is 0 Å². The minimum Gasteiger partial charge on any atom is -0.491 e. The van der Waals surface area contributed by atoms with E-state index in [4.69, 9.17) is 28.4 Å². The van der Waals surface area contributed by atoms with Gasteiger partial charge in [0.1, 0.15) is 36.9 Å². The summed E-state index contributed by atoms with van der Waals surface area (Å²) in [5, 5.41) is 0. The van der Waals surface area contributed by atoms with E-state index in [0.717, 1.165) is 0 Å². The largest absolute Gasteiger partial charge is 0.491 e. The van der Waals surface area contributed by atoms with E-state index in [2.05, 4.69) is 0 Å². The maximum Gasteiger partial charge on any atom is 0.233 e. The summed E-state index contributed by atoms with van der Waals surface area (Å²) in [5.74, 6) is -1.57. The van der Waals surface area contributed by atoms with Crippen molar-refractivity contribution in [3.8, 4) is 11.5 Å². The van der Waals surface area contributed by atoms with Crippen LogP contribution < -0.4 is 9.47 Å². The van der Waals surface area contributed by atoms with Crippen molar-refractivity contribution in [3.63, 3.8) is 0 Å². The third kappa shape index (κ3) is 6.21.